The number of ketones is 1. The Morgan fingerprint density at radius 2 is 1.70 bits per heavy atom. The van der Waals surface area contributed by atoms with E-state index >= 15 is 0 Å². The lowest BCUT2D eigenvalue weighted by Gasteiger charge is -2.41. The Bertz CT molecular complexity index is 894. The smallest absolute Gasteiger partial charge is 0.290 e. The summed E-state index contributed by atoms with van der Waals surface area (Å²) in [5.74, 6) is -1.05. The lowest BCUT2D eigenvalue weighted by atomic mass is 10.0. The van der Waals surface area contributed by atoms with Gasteiger partial charge in [0.25, 0.3) is 5.91 Å². The first-order valence-electron chi connectivity index (χ1n) is 10.8. The molecule has 0 N–H and O–H groups in total. The highest BCUT2D eigenvalue weighted by Crippen LogP contribution is 2.28. The molecular weight excluding hydrogens is 376 g/mol. The summed E-state index contributed by atoms with van der Waals surface area (Å²) in [6.07, 6.45) is 3.59. The van der Waals surface area contributed by atoms with Gasteiger partial charge in [-0.3, -0.25) is 14.4 Å². The van der Waals surface area contributed by atoms with Crippen LogP contribution in [0.15, 0.2) is 54.6 Å². The Kier molecular flexibility index (Phi) is 7.39. The van der Waals surface area contributed by atoms with E-state index in [-0.39, 0.29) is 24.9 Å². The lowest BCUT2D eigenvalue weighted by Crippen LogP contribution is -2.59. The van der Waals surface area contributed by atoms with E-state index in [0.717, 1.165) is 36.1 Å². The van der Waals surface area contributed by atoms with E-state index in [0.29, 0.717) is 13.0 Å². The average Bonchev–Trinajstić information content (AvgIpc) is 2.78. The van der Waals surface area contributed by atoms with Crippen LogP contribution in [-0.4, -0.2) is 41.6 Å². The Balaban J connectivity index is 1.85. The third kappa shape index (κ3) is 4.96. The monoisotopic (exact) mass is 406 g/mol. The maximum atomic E-state index is 13.0. The third-order valence-electron chi connectivity index (χ3n) is 5.57. The molecule has 1 saturated heterocycles. The summed E-state index contributed by atoms with van der Waals surface area (Å²) < 4.78 is 0. The summed E-state index contributed by atoms with van der Waals surface area (Å²) in [6.45, 7) is 4.35. The molecule has 1 atom stereocenters. The fourth-order valence-electron chi connectivity index (χ4n) is 3.92. The second kappa shape index (κ2) is 10.2. The molecule has 2 amide bonds. The van der Waals surface area contributed by atoms with Crippen LogP contribution < -0.4 is 4.90 Å². The topological polar surface area (TPSA) is 57.7 Å². The van der Waals surface area contributed by atoms with E-state index in [4.69, 9.17) is 0 Å². The van der Waals surface area contributed by atoms with Crippen molar-refractivity contribution < 1.29 is 14.4 Å². The van der Waals surface area contributed by atoms with Crippen molar-refractivity contribution in [2.24, 2.45) is 0 Å². The molecule has 1 fully saturated rings. The zero-order valence-corrected chi connectivity index (χ0v) is 17.8. The van der Waals surface area contributed by atoms with E-state index in [9.17, 15) is 14.4 Å². The van der Waals surface area contributed by atoms with E-state index < -0.39 is 11.7 Å². The van der Waals surface area contributed by atoms with E-state index in [1.165, 1.54) is 4.90 Å². The summed E-state index contributed by atoms with van der Waals surface area (Å²) in [7, 11) is 0. The molecule has 0 aliphatic carbocycles. The molecule has 2 aromatic rings. The lowest BCUT2D eigenvalue weighted by molar-refractivity contribution is -0.149. The van der Waals surface area contributed by atoms with Gasteiger partial charge in [0.15, 0.2) is 0 Å². The van der Waals surface area contributed by atoms with Crippen LogP contribution in [0, 0.1) is 0 Å². The minimum atomic E-state index is -0.510. The van der Waals surface area contributed by atoms with Crippen LogP contribution in [0.2, 0.25) is 0 Å². The minimum Gasteiger partial charge on any atom is -0.322 e. The second-order valence-corrected chi connectivity index (χ2v) is 7.82. The molecule has 2 aromatic carbocycles. The number of carbonyl (C=O) groups excluding carboxylic acids is 3. The number of amides is 2. The molecule has 1 aliphatic heterocycles. The highest BCUT2D eigenvalue weighted by Gasteiger charge is 2.37. The number of carbonyl (C=O) groups is 3. The SMILES string of the molecule is CCCC[C@@H]1CN(c2cccc(-c3ccccc3)c2)C(=O)CN1C(=O)C(=O)CCC. The van der Waals surface area contributed by atoms with Gasteiger partial charge in [-0.15, -0.1) is 0 Å². The number of rotatable bonds is 8. The molecule has 0 spiro atoms. The Hall–Kier alpha value is -2.95. The highest BCUT2D eigenvalue weighted by atomic mass is 16.2. The first-order valence-corrected chi connectivity index (χ1v) is 10.8. The van der Waals surface area contributed by atoms with Gasteiger partial charge < -0.3 is 9.80 Å². The Morgan fingerprint density at radius 1 is 0.967 bits per heavy atom. The zero-order valence-electron chi connectivity index (χ0n) is 17.8. The maximum absolute atomic E-state index is 13.0. The molecule has 0 unspecified atom stereocenters. The van der Waals surface area contributed by atoms with Gasteiger partial charge in [-0.25, -0.2) is 0 Å². The predicted molar refractivity (Wildman–Crippen MR) is 119 cm³/mol. The molecule has 1 aliphatic rings. The molecule has 0 aromatic heterocycles. The minimum absolute atomic E-state index is 0.0434. The van der Waals surface area contributed by atoms with Crippen LogP contribution in [-0.2, 0) is 14.4 Å². The molecule has 158 valence electrons. The van der Waals surface area contributed by atoms with Gasteiger partial charge in [0, 0.05) is 18.7 Å². The summed E-state index contributed by atoms with van der Waals surface area (Å²) in [5.41, 5.74) is 2.96. The number of hydrogen-bond acceptors (Lipinski definition) is 3. The van der Waals surface area contributed by atoms with Crippen LogP contribution in [0.5, 0.6) is 0 Å². The number of hydrogen-bond donors (Lipinski definition) is 0. The molecule has 3 rings (SSSR count). The van der Waals surface area contributed by atoms with Crippen molar-refractivity contribution in [3.05, 3.63) is 54.6 Å². The van der Waals surface area contributed by atoms with Gasteiger partial charge >= 0.3 is 0 Å². The number of Topliss-reactive ketones (excluding diaryl/α,β-unsaturated/α-hetero) is 1. The summed E-state index contributed by atoms with van der Waals surface area (Å²) in [5, 5.41) is 0. The first-order chi connectivity index (χ1) is 14.5. The summed E-state index contributed by atoms with van der Waals surface area (Å²) in [4.78, 5) is 41.2. The predicted octanol–water partition coefficient (Wildman–Crippen LogP) is 4.46. The fourth-order valence-corrected chi connectivity index (χ4v) is 3.92. The second-order valence-electron chi connectivity index (χ2n) is 7.82. The van der Waals surface area contributed by atoms with Crippen LogP contribution in [0.1, 0.15) is 46.0 Å². The van der Waals surface area contributed by atoms with Gasteiger partial charge in [-0.05, 0) is 36.1 Å². The van der Waals surface area contributed by atoms with Crippen LogP contribution in [0.3, 0.4) is 0 Å². The van der Waals surface area contributed by atoms with Crippen LogP contribution in [0.4, 0.5) is 5.69 Å². The Labute approximate surface area is 178 Å². The molecule has 0 radical (unpaired) electrons. The van der Waals surface area contributed by atoms with Gasteiger partial charge in [-0.1, -0.05) is 69.2 Å². The Morgan fingerprint density at radius 3 is 2.40 bits per heavy atom. The van der Waals surface area contributed by atoms with Crippen LogP contribution in [0.25, 0.3) is 11.1 Å². The van der Waals surface area contributed by atoms with Gasteiger partial charge in [0.2, 0.25) is 11.7 Å². The van der Waals surface area contributed by atoms with Crippen LogP contribution >= 0.6 is 0 Å². The summed E-state index contributed by atoms with van der Waals surface area (Å²) in [6, 6.07) is 17.8. The highest BCUT2D eigenvalue weighted by molar-refractivity contribution is 6.36. The average molecular weight is 407 g/mol. The normalized spacial score (nSPS) is 16.6. The van der Waals surface area contributed by atoms with Crippen molar-refractivity contribution in [1.82, 2.24) is 4.90 Å². The van der Waals surface area contributed by atoms with Crippen molar-refractivity contribution in [2.45, 2.75) is 52.0 Å². The molecule has 0 bridgehead atoms. The maximum Gasteiger partial charge on any atom is 0.290 e. The van der Waals surface area contributed by atoms with Crippen molar-refractivity contribution in [2.75, 3.05) is 18.0 Å². The van der Waals surface area contributed by atoms with Crippen molar-refractivity contribution in [1.29, 1.82) is 0 Å². The molecule has 0 saturated carbocycles. The molecule has 5 heteroatoms. The van der Waals surface area contributed by atoms with Crippen molar-refractivity contribution in [3.8, 4) is 11.1 Å². The molecule has 5 nitrogen and oxygen atoms in total. The number of anilines is 1. The standard InChI is InChI=1S/C25H30N2O3/c1-3-5-14-22-17-26(24(29)18-27(22)25(30)23(28)10-4-2)21-15-9-13-20(16-21)19-11-7-6-8-12-19/h6-9,11-13,15-16,22H,3-5,10,14,17-18H2,1-2H3/t22-/m1/s1. The number of unbranched alkanes of at least 4 members (excludes halogenated alkanes) is 1. The molecule has 1 heterocycles. The quantitative estimate of drug-likeness (QED) is 0.608. The van der Waals surface area contributed by atoms with Crippen molar-refractivity contribution >= 4 is 23.3 Å². The van der Waals surface area contributed by atoms with Gasteiger partial charge in [0.05, 0.1) is 6.04 Å². The first kappa shape index (κ1) is 21.8. The summed E-state index contributed by atoms with van der Waals surface area (Å²) >= 11 is 0. The molecule has 30 heavy (non-hydrogen) atoms. The number of nitrogens with zero attached hydrogens (tertiary/aromatic N) is 2. The number of benzene rings is 2. The molecular formula is C25H30N2O3. The largest absolute Gasteiger partial charge is 0.322 e. The third-order valence-corrected chi connectivity index (χ3v) is 5.57. The van der Waals surface area contributed by atoms with Gasteiger partial charge in [-0.2, -0.15) is 0 Å². The fraction of sp³-hybridized carbons (Fsp3) is 0.400. The number of piperazine rings is 1. The van der Waals surface area contributed by atoms with E-state index in [1.54, 1.807) is 4.90 Å². The van der Waals surface area contributed by atoms with E-state index in [2.05, 4.69) is 6.92 Å². The zero-order chi connectivity index (χ0) is 21.5. The van der Waals surface area contributed by atoms with Crippen molar-refractivity contribution in [3.63, 3.8) is 0 Å². The van der Waals surface area contributed by atoms with Gasteiger partial charge in [0.1, 0.15) is 6.54 Å². The van der Waals surface area contributed by atoms with E-state index in [1.807, 2.05) is 61.5 Å².